The molecule has 1 saturated carbocycles. The molecule has 1 fully saturated rings. The number of Topliss-reactive ketones (excluding diaryl/α,β-unsaturated/α-hetero) is 1. The zero-order valence-electron chi connectivity index (χ0n) is 20.3. The predicted octanol–water partition coefficient (Wildman–Crippen LogP) is 4.58. The summed E-state index contributed by atoms with van der Waals surface area (Å²) in [6, 6.07) is 15.5. The molecule has 8 heteroatoms. The van der Waals surface area contributed by atoms with Crippen molar-refractivity contribution in [3.8, 4) is 5.75 Å². The van der Waals surface area contributed by atoms with Crippen LogP contribution in [0.2, 0.25) is 0 Å². The first-order valence-corrected chi connectivity index (χ1v) is 12.3. The second kappa shape index (κ2) is 12.1. The average Bonchev–Trinajstić information content (AvgIpc) is 3.61. The zero-order valence-corrected chi connectivity index (χ0v) is 20.3. The van der Waals surface area contributed by atoms with Crippen LogP contribution in [0.5, 0.6) is 5.75 Å². The van der Waals surface area contributed by atoms with Gasteiger partial charge in [0, 0.05) is 22.9 Å². The van der Waals surface area contributed by atoms with Gasteiger partial charge in [-0.3, -0.25) is 14.4 Å². The lowest BCUT2D eigenvalue weighted by atomic mass is 10.1. The standard InChI is InChI=1S/C28H31N3O5/c1-2-35-22-12-9-19(10-13-22)26(32)18-29-25-16-20(27(33)31-21-6-3-4-7-21)11-14-24(25)28(34)30-17-23-8-5-15-36-23/h5,8-16,21,29H,2-4,6-7,17-18H2,1H3,(H,30,34)(H,31,33). The lowest BCUT2D eigenvalue weighted by Gasteiger charge is -2.16. The van der Waals surface area contributed by atoms with Gasteiger partial charge in [-0.25, -0.2) is 0 Å². The molecule has 1 heterocycles. The monoisotopic (exact) mass is 489 g/mol. The first-order chi connectivity index (χ1) is 17.5. The summed E-state index contributed by atoms with van der Waals surface area (Å²) in [5.41, 5.74) is 1.69. The number of benzene rings is 2. The number of furan rings is 1. The minimum absolute atomic E-state index is 0.0415. The van der Waals surface area contributed by atoms with E-state index in [1.54, 1.807) is 60.9 Å². The molecule has 8 nitrogen and oxygen atoms in total. The Kier molecular flexibility index (Phi) is 8.39. The van der Waals surface area contributed by atoms with Crippen LogP contribution in [0.4, 0.5) is 5.69 Å². The second-order valence-corrected chi connectivity index (χ2v) is 8.71. The molecule has 0 atom stereocenters. The maximum absolute atomic E-state index is 12.9. The molecular formula is C28H31N3O5. The van der Waals surface area contributed by atoms with Crippen LogP contribution in [0.15, 0.2) is 65.3 Å². The van der Waals surface area contributed by atoms with Crippen molar-refractivity contribution < 1.29 is 23.5 Å². The maximum Gasteiger partial charge on any atom is 0.253 e. The molecule has 2 amide bonds. The Balaban J connectivity index is 1.49. The molecule has 1 aromatic heterocycles. The van der Waals surface area contributed by atoms with Crippen LogP contribution in [-0.2, 0) is 6.54 Å². The third kappa shape index (κ3) is 6.53. The van der Waals surface area contributed by atoms with Crippen LogP contribution < -0.4 is 20.7 Å². The average molecular weight is 490 g/mol. The van der Waals surface area contributed by atoms with Crippen molar-refractivity contribution in [3.63, 3.8) is 0 Å². The first kappa shape index (κ1) is 25.0. The Morgan fingerprint density at radius 3 is 2.42 bits per heavy atom. The number of anilines is 1. The van der Waals surface area contributed by atoms with Crippen molar-refractivity contribution in [1.29, 1.82) is 0 Å². The van der Waals surface area contributed by atoms with Crippen LogP contribution in [0.25, 0.3) is 0 Å². The summed E-state index contributed by atoms with van der Waals surface area (Å²) in [5, 5.41) is 8.95. The van der Waals surface area contributed by atoms with E-state index in [9.17, 15) is 14.4 Å². The fourth-order valence-corrected chi connectivity index (χ4v) is 4.23. The second-order valence-electron chi connectivity index (χ2n) is 8.71. The molecule has 4 rings (SSSR count). The van der Waals surface area contributed by atoms with Crippen LogP contribution in [0.3, 0.4) is 0 Å². The van der Waals surface area contributed by atoms with Gasteiger partial charge in [-0.05, 0) is 74.4 Å². The van der Waals surface area contributed by atoms with Crippen molar-refractivity contribution in [2.24, 2.45) is 0 Å². The summed E-state index contributed by atoms with van der Waals surface area (Å²) in [5.74, 6) is 0.630. The largest absolute Gasteiger partial charge is 0.494 e. The SMILES string of the molecule is CCOc1ccc(C(=O)CNc2cc(C(=O)NC3CCCC3)ccc2C(=O)NCc2ccco2)cc1. The third-order valence-corrected chi connectivity index (χ3v) is 6.15. The quantitative estimate of drug-likeness (QED) is 0.340. The number of hydrogen-bond acceptors (Lipinski definition) is 6. The molecule has 36 heavy (non-hydrogen) atoms. The van der Waals surface area contributed by atoms with E-state index >= 15 is 0 Å². The topological polar surface area (TPSA) is 110 Å². The molecule has 1 aliphatic rings. The first-order valence-electron chi connectivity index (χ1n) is 12.3. The highest BCUT2D eigenvalue weighted by Crippen LogP contribution is 2.22. The third-order valence-electron chi connectivity index (χ3n) is 6.15. The van der Waals surface area contributed by atoms with Gasteiger partial charge in [0.2, 0.25) is 0 Å². The number of nitrogens with one attached hydrogen (secondary N) is 3. The lowest BCUT2D eigenvalue weighted by Crippen LogP contribution is -2.32. The summed E-state index contributed by atoms with van der Waals surface area (Å²) in [6.07, 6.45) is 5.71. The Morgan fingerprint density at radius 2 is 1.72 bits per heavy atom. The number of rotatable bonds is 11. The Labute approximate surface area is 210 Å². The van der Waals surface area contributed by atoms with E-state index in [0.29, 0.717) is 40.5 Å². The highest BCUT2D eigenvalue weighted by atomic mass is 16.5. The van der Waals surface area contributed by atoms with Gasteiger partial charge in [-0.1, -0.05) is 12.8 Å². The summed E-state index contributed by atoms with van der Waals surface area (Å²) in [4.78, 5) is 38.6. The Bertz CT molecular complexity index is 1180. The highest BCUT2D eigenvalue weighted by Gasteiger charge is 2.20. The van der Waals surface area contributed by atoms with Crippen molar-refractivity contribution in [2.75, 3.05) is 18.5 Å². The minimum Gasteiger partial charge on any atom is -0.494 e. The van der Waals surface area contributed by atoms with E-state index in [4.69, 9.17) is 9.15 Å². The van der Waals surface area contributed by atoms with Gasteiger partial charge in [-0.15, -0.1) is 0 Å². The summed E-state index contributed by atoms with van der Waals surface area (Å²) >= 11 is 0. The van der Waals surface area contributed by atoms with Gasteiger partial charge >= 0.3 is 0 Å². The van der Waals surface area contributed by atoms with E-state index < -0.39 is 0 Å². The predicted molar refractivity (Wildman–Crippen MR) is 136 cm³/mol. The molecule has 3 aromatic rings. The van der Waals surface area contributed by atoms with Crippen LogP contribution in [0, 0.1) is 0 Å². The molecule has 0 spiro atoms. The molecule has 0 radical (unpaired) electrons. The van der Waals surface area contributed by atoms with Gasteiger partial charge in [-0.2, -0.15) is 0 Å². The summed E-state index contributed by atoms with van der Waals surface area (Å²) in [7, 11) is 0. The van der Waals surface area contributed by atoms with E-state index in [2.05, 4.69) is 16.0 Å². The van der Waals surface area contributed by atoms with Crippen LogP contribution in [-0.4, -0.2) is 36.8 Å². The highest BCUT2D eigenvalue weighted by molar-refractivity contribution is 6.04. The molecule has 3 N–H and O–H groups in total. The fraction of sp³-hybridized carbons (Fsp3) is 0.321. The number of ketones is 1. The van der Waals surface area contributed by atoms with Crippen molar-refractivity contribution >= 4 is 23.3 Å². The molecule has 1 aliphatic carbocycles. The molecule has 0 saturated heterocycles. The number of carbonyl (C=O) groups excluding carboxylic acids is 3. The van der Waals surface area contributed by atoms with Gasteiger partial charge < -0.3 is 25.1 Å². The van der Waals surface area contributed by atoms with Crippen LogP contribution in [0.1, 0.15) is 69.4 Å². The molecule has 188 valence electrons. The van der Waals surface area contributed by atoms with E-state index in [1.807, 2.05) is 6.92 Å². The summed E-state index contributed by atoms with van der Waals surface area (Å²) in [6.45, 7) is 2.62. The van der Waals surface area contributed by atoms with E-state index in [0.717, 1.165) is 25.7 Å². The fourth-order valence-electron chi connectivity index (χ4n) is 4.23. The maximum atomic E-state index is 12.9. The van der Waals surface area contributed by atoms with E-state index in [1.165, 1.54) is 0 Å². The Morgan fingerprint density at radius 1 is 0.972 bits per heavy atom. The van der Waals surface area contributed by atoms with Gasteiger partial charge in [0.15, 0.2) is 5.78 Å². The Hall–Kier alpha value is -4.07. The molecule has 0 aliphatic heterocycles. The molecular weight excluding hydrogens is 458 g/mol. The van der Waals surface area contributed by atoms with Crippen molar-refractivity contribution in [3.05, 3.63) is 83.3 Å². The van der Waals surface area contributed by atoms with E-state index in [-0.39, 0.29) is 36.7 Å². The molecule has 0 unspecified atom stereocenters. The van der Waals surface area contributed by atoms with Gasteiger partial charge in [0.1, 0.15) is 11.5 Å². The minimum atomic E-state index is -0.342. The number of amides is 2. The van der Waals surface area contributed by atoms with Gasteiger partial charge in [0.05, 0.1) is 31.5 Å². The van der Waals surface area contributed by atoms with Crippen LogP contribution >= 0.6 is 0 Å². The van der Waals surface area contributed by atoms with Crippen molar-refractivity contribution in [2.45, 2.75) is 45.2 Å². The smallest absolute Gasteiger partial charge is 0.253 e. The molecule has 0 bridgehead atoms. The zero-order chi connectivity index (χ0) is 25.3. The number of hydrogen-bond donors (Lipinski definition) is 3. The molecule has 2 aromatic carbocycles. The number of carbonyl (C=O) groups is 3. The normalized spacial score (nSPS) is 13.2. The van der Waals surface area contributed by atoms with Gasteiger partial charge in [0.25, 0.3) is 11.8 Å². The lowest BCUT2D eigenvalue weighted by molar-refractivity contribution is 0.0930. The summed E-state index contributed by atoms with van der Waals surface area (Å²) < 4.78 is 10.7. The number of ether oxygens (including phenoxy) is 1. The van der Waals surface area contributed by atoms with Crippen molar-refractivity contribution in [1.82, 2.24) is 10.6 Å².